The van der Waals surface area contributed by atoms with Gasteiger partial charge in [0.2, 0.25) is 5.89 Å². The third-order valence-electron chi connectivity index (χ3n) is 6.02. The zero-order chi connectivity index (χ0) is 19.0. The highest BCUT2D eigenvalue weighted by atomic mass is 19.1. The fourth-order valence-corrected chi connectivity index (χ4v) is 4.64. The fraction of sp³-hybridized carbons (Fsp3) is 0.429. The number of hydrogen-bond acceptors (Lipinski definition) is 3. The maximum absolute atomic E-state index is 14.3. The molecule has 140 valence electrons. The first-order chi connectivity index (χ1) is 12.8. The lowest BCUT2D eigenvalue weighted by atomic mass is 9.81. The third-order valence-corrected chi connectivity index (χ3v) is 6.02. The molecule has 2 heterocycles. The highest BCUT2D eigenvalue weighted by Crippen LogP contribution is 2.60. The molecule has 1 saturated carbocycles. The minimum absolute atomic E-state index is 0.108. The summed E-state index contributed by atoms with van der Waals surface area (Å²) in [4.78, 5) is 4.62. The van der Waals surface area contributed by atoms with E-state index in [2.05, 4.69) is 30.9 Å². The predicted molar refractivity (Wildman–Crippen MR) is 96.1 cm³/mol. The lowest BCUT2D eigenvalue weighted by Crippen LogP contribution is -2.22. The third kappa shape index (κ3) is 2.25. The van der Waals surface area contributed by atoms with Crippen LogP contribution in [-0.2, 0) is 10.8 Å². The molecule has 1 fully saturated rings. The standard InChI is InChI=1S/C21H21F2N3O/c1-20(2,3)17-11-24-19(27-17)21-7-6-12(9-21)18-14(21)10-25-26(18)16-5-4-13(22)8-15(16)23/h4-5,8,10-12H,6-7,9H2,1-3H3. The van der Waals surface area contributed by atoms with E-state index in [1.165, 1.54) is 12.1 Å². The summed E-state index contributed by atoms with van der Waals surface area (Å²) in [5.41, 5.74) is 1.94. The molecule has 0 amide bonds. The van der Waals surface area contributed by atoms with Gasteiger partial charge in [0.25, 0.3) is 0 Å². The number of benzene rings is 1. The van der Waals surface area contributed by atoms with Gasteiger partial charge < -0.3 is 4.42 Å². The molecule has 0 spiro atoms. The second kappa shape index (κ2) is 5.27. The van der Waals surface area contributed by atoms with Crippen molar-refractivity contribution in [1.29, 1.82) is 0 Å². The molecule has 2 unspecified atom stereocenters. The van der Waals surface area contributed by atoms with Crippen LogP contribution in [0, 0.1) is 11.6 Å². The van der Waals surface area contributed by atoms with E-state index < -0.39 is 11.6 Å². The molecule has 0 saturated heterocycles. The van der Waals surface area contributed by atoms with Gasteiger partial charge >= 0.3 is 0 Å². The van der Waals surface area contributed by atoms with Gasteiger partial charge in [-0.1, -0.05) is 20.8 Å². The SMILES string of the molecule is CC(C)(C)c1cnc(C23CCC(C2)c2c3cnn2-c2ccc(F)cc2F)o1. The Labute approximate surface area is 156 Å². The zero-order valence-electron chi connectivity index (χ0n) is 15.6. The molecule has 6 heteroatoms. The number of rotatable bonds is 2. The average molecular weight is 369 g/mol. The van der Waals surface area contributed by atoms with Gasteiger partial charge in [0.15, 0.2) is 5.82 Å². The van der Waals surface area contributed by atoms with Crippen molar-refractivity contribution in [3.8, 4) is 5.69 Å². The lowest BCUT2D eigenvalue weighted by Gasteiger charge is -2.23. The maximum Gasteiger partial charge on any atom is 0.205 e. The van der Waals surface area contributed by atoms with Crippen molar-refractivity contribution in [3.05, 3.63) is 65.1 Å². The molecule has 2 aliphatic carbocycles. The van der Waals surface area contributed by atoms with Crippen LogP contribution in [0.3, 0.4) is 0 Å². The van der Waals surface area contributed by atoms with E-state index in [0.717, 1.165) is 48.2 Å². The lowest BCUT2D eigenvalue weighted by molar-refractivity contribution is 0.329. The van der Waals surface area contributed by atoms with Crippen LogP contribution in [0.25, 0.3) is 5.69 Å². The molecule has 2 atom stereocenters. The summed E-state index contributed by atoms with van der Waals surface area (Å²) >= 11 is 0. The van der Waals surface area contributed by atoms with Crippen molar-refractivity contribution in [2.24, 2.45) is 0 Å². The molecule has 5 rings (SSSR count). The van der Waals surface area contributed by atoms with Gasteiger partial charge in [-0.05, 0) is 31.4 Å². The number of aromatic nitrogens is 3. The first kappa shape index (κ1) is 16.7. The van der Waals surface area contributed by atoms with E-state index in [1.54, 1.807) is 10.9 Å². The molecule has 27 heavy (non-hydrogen) atoms. The van der Waals surface area contributed by atoms with Crippen LogP contribution < -0.4 is 0 Å². The number of nitrogens with zero attached hydrogens (tertiary/aromatic N) is 3. The van der Waals surface area contributed by atoms with E-state index >= 15 is 0 Å². The van der Waals surface area contributed by atoms with Crippen LogP contribution in [0.15, 0.2) is 35.0 Å². The highest BCUT2D eigenvalue weighted by molar-refractivity contribution is 5.49. The van der Waals surface area contributed by atoms with Gasteiger partial charge in [-0.15, -0.1) is 0 Å². The maximum atomic E-state index is 14.3. The second-order valence-corrected chi connectivity index (χ2v) is 8.75. The van der Waals surface area contributed by atoms with Crippen molar-refractivity contribution in [2.45, 2.75) is 56.8 Å². The molecule has 1 aromatic carbocycles. The van der Waals surface area contributed by atoms with Gasteiger partial charge in [-0.25, -0.2) is 18.4 Å². The van der Waals surface area contributed by atoms with E-state index in [1.807, 2.05) is 6.20 Å². The summed E-state index contributed by atoms with van der Waals surface area (Å²) in [5.74, 6) is 0.668. The largest absolute Gasteiger partial charge is 0.444 e. The van der Waals surface area contributed by atoms with Crippen molar-refractivity contribution in [3.63, 3.8) is 0 Å². The van der Waals surface area contributed by atoms with E-state index in [0.29, 0.717) is 0 Å². The normalized spacial score (nSPS) is 23.8. The van der Waals surface area contributed by atoms with Crippen LogP contribution in [0.2, 0.25) is 0 Å². The Morgan fingerprint density at radius 2 is 2.04 bits per heavy atom. The van der Waals surface area contributed by atoms with Crippen molar-refractivity contribution in [1.82, 2.24) is 14.8 Å². The van der Waals surface area contributed by atoms with Gasteiger partial charge in [-0.3, -0.25) is 0 Å². The average Bonchev–Trinajstić information content (AvgIpc) is 3.35. The molecule has 2 bridgehead atoms. The van der Waals surface area contributed by atoms with Crippen molar-refractivity contribution >= 4 is 0 Å². The van der Waals surface area contributed by atoms with Crippen molar-refractivity contribution < 1.29 is 13.2 Å². The monoisotopic (exact) mass is 369 g/mol. The van der Waals surface area contributed by atoms with E-state index in [9.17, 15) is 8.78 Å². The van der Waals surface area contributed by atoms with E-state index in [-0.39, 0.29) is 22.4 Å². The predicted octanol–water partition coefficient (Wildman–Crippen LogP) is 5.00. The minimum atomic E-state index is -0.608. The summed E-state index contributed by atoms with van der Waals surface area (Å²) in [6.45, 7) is 6.30. The Morgan fingerprint density at radius 3 is 2.74 bits per heavy atom. The number of halogens is 2. The molecule has 0 radical (unpaired) electrons. The quantitative estimate of drug-likeness (QED) is 0.638. The second-order valence-electron chi connectivity index (χ2n) is 8.75. The molecule has 3 aromatic rings. The fourth-order valence-electron chi connectivity index (χ4n) is 4.64. The Balaban J connectivity index is 1.63. The topological polar surface area (TPSA) is 43.9 Å². The number of hydrogen-bond donors (Lipinski definition) is 0. The molecular formula is C21H21F2N3O. The van der Waals surface area contributed by atoms with Gasteiger partial charge in [-0.2, -0.15) is 5.10 Å². The molecule has 4 nitrogen and oxygen atoms in total. The molecular weight excluding hydrogens is 348 g/mol. The van der Waals surface area contributed by atoms with Crippen LogP contribution >= 0.6 is 0 Å². The van der Waals surface area contributed by atoms with Crippen LogP contribution in [0.5, 0.6) is 0 Å². The minimum Gasteiger partial charge on any atom is -0.444 e. The molecule has 2 aliphatic rings. The number of fused-ring (bicyclic) bond motifs is 5. The van der Waals surface area contributed by atoms with E-state index in [4.69, 9.17) is 4.42 Å². The highest BCUT2D eigenvalue weighted by Gasteiger charge is 2.55. The Hall–Kier alpha value is -2.50. The Bertz CT molecular complexity index is 1050. The number of oxazole rings is 1. The van der Waals surface area contributed by atoms with Gasteiger partial charge in [0, 0.05) is 23.0 Å². The summed E-state index contributed by atoms with van der Waals surface area (Å²) in [7, 11) is 0. The van der Waals surface area contributed by atoms with Crippen LogP contribution in [0.1, 0.15) is 68.9 Å². The Morgan fingerprint density at radius 1 is 1.22 bits per heavy atom. The first-order valence-corrected chi connectivity index (χ1v) is 9.30. The summed E-state index contributed by atoms with van der Waals surface area (Å²) in [6, 6.07) is 3.61. The van der Waals surface area contributed by atoms with Crippen molar-refractivity contribution in [2.75, 3.05) is 0 Å². The van der Waals surface area contributed by atoms with Gasteiger partial charge in [0.05, 0.1) is 23.5 Å². The molecule has 2 aromatic heterocycles. The molecule has 0 N–H and O–H groups in total. The summed E-state index contributed by atoms with van der Waals surface area (Å²) in [6.07, 6.45) is 6.45. The van der Waals surface area contributed by atoms with Crippen LogP contribution in [-0.4, -0.2) is 14.8 Å². The zero-order valence-corrected chi connectivity index (χ0v) is 15.6. The van der Waals surface area contributed by atoms with Gasteiger partial charge in [0.1, 0.15) is 17.3 Å². The first-order valence-electron chi connectivity index (χ1n) is 9.30. The Kier molecular flexibility index (Phi) is 3.25. The summed E-state index contributed by atoms with van der Waals surface area (Å²) < 4.78 is 35.5. The molecule has 0 aliphatic heterocycles. The van der Waals surface area contributed by atoms with Crippen LogP contribution in [0.4, 0.5) is 8.78 Å². The smallest absolute Gasteiger partial charge is 0.205 e. The summed E-state index contributed by atoms with van der Waals surface area (Å²) in [5, 5.41) is 4.45.